The second-order valence-corrected chi connectivity index (χ2v) is 8.40. The first-order valence-electron chi connectivity index (χ1n) is 7.20. The molecule has 0 atom stereocenters. The Labute approximate surface area is 141 Å². The molecule has 0 spiro atoms. The van der Waals surface area contributed by atoms with Crippen LogP contribution < -0.4 is 9.55 Å². The van der Waals surface area contributed by atoms with Gasteiger partial charge in [-0.3, -0.25) is 9.59 Å². The highest BCUT2D eigenvalue weighted by Gasteiger charge is 2.39. The summed E-state index contributed by atoms with van der Waals surface area (Å²) in [4.78, 5) is 24.2. The van der Waals surface area contributed by atoms with E-state index in [1.807, 2.05) is 0 Å². The Morgan fingerprint density at radius 1 is 0.913 bits per heavy atom. The van der Waals surface area contributed by atoms with Gasteiger partial charge >= 0.3 is 14.2 Å². The van der Waals surface area contributed by atoms with Gasteiger partial charge < -0.3 is 19.4 Å². The molecule has 9 heteroatoms. The molecule has 1 aromatic rings. The average Bonchev–Trinajstić information content (AvgIpc) is 2.84. The summed E-state index contributed by atoms with van der Waals surface area (Å²) in [6, 6.07) is 3.02. The van der Waals surface area contributed by atoms with Gasteiger partial charge in [-0.25, -0.2) is 0 Å². The summed E-state index contributed by atoms with van der Waals surface area (Å²) in [7, 11) is -2.85. The number of thiophene rings is 1. The molecule has 0 aliphatic heterocycles. The molecule has 0 aliphatic carbocycles. The van der Waals surface area contributed by atoms with E-state index in [-0.39, 0.29) is 4.78 Å². The summed E-state index contributed by atoms with van der Waals surface area (Å²) in [5.74, 6) is -1.05. The van der Waals surface area contributed by atoms with Gasteiger partial charge in [-0.2, -0.15) is 11.3 Å². The second kappa shape index (κ2) is 7.07. The lowest BCUT2D eigenvalue weighted by molar-refractivity contribution is -0.149. The topological polar surface area (TPSA) is 93.1 Å². The molecule has 6 nitrogen and oxygen atoms in total. The molecular formula is C14H22B2O6S. The molecule has 0 bridgehead atoms. The van der Waals surface area contributed by atoms with Gasteiger partial charge in [0.2, 0.25) is 0 Å². The normalized spacial score (nSPS) is 11.8. The SMILES string of the molecule is CC(C)(C)C(=O)OB(OC(=O)C(C)(C)C)c1ccc(B(O)O)s1. The third kappa shape index (κ3) is 5.67. The Morgan fingerprint density at radius 3 is 1.61 bits per heavy atom. The summed E-state index contributed by atoms with van der Waals surface area (Å²) in [6.45, 7) is 10.1. The Balaban J connectivity index is 3.05. The van der Waals surface area contributed by atoms with Crippen molar-refractivity contribution < 1.29 is 28.9 Å². The van der Waals surface area contributed by atoms with Crippen molar-refractivity contribution in [2.45, 2.75) is 41.5 Å². The number of carbonyl (C=O) groups excluding carboxylic acids is 2. The Kier molecular flexibility index (Phi) is 6.06. The van der Waals surface area contributed by atoms with Crippen LogP contribution in [0.15, 0.2) is 12.1 Å². The quantitative estimate of drug-likeness (QED) is 0.766. The van der Waals surface area contributed by atoms with Gasteiger partial charge in [0.15, 0.2) is 0 Å². The zero-order valence-electron chi connectivity index (χ0n) is 14.2. The molecule has 1 aromatic heterocycles. The van der Waals surface area contributed by atoms with E-state index >= 15 is 0 Å². The fourth-order valence-electron chi connectivity index (χ4n) is 1.32. The maximum Gasteiger partial charge on any atom is 0.647 e. The number of rotatable bonds is 4. The van der Waals surface area contributed by atoms with Crippen LogP contribution in [-0.4, -0.2) is 36.2 Å². The first-order chi connectivity index (χ1) is 10.3. The predicted molar refractivity (Wildman–Crippen MR) is 90.6 cm³/mol. The van der Waals surface area contributed by atoms with Crippen molar-refractivity contribution in [3.63, 3.8) is 0 Å². The van der Waals surface area contributed by atoms with E-state index in [2.05, 4.69) is 0 Å². The molecule has 2 N–H and O–H groups in total. The summed E-state index contributed by atoms with van der Waals surface area (Å²) in [5, 5.41) is 18.4. The van der Waals surface area contributed by atoms with Crippen molar-refractivity contribution in [3.8, 4) is 0 Å². The third-order valence-electron chi connectivity index (χ3n) is 2.79. The largest absolute Gasteiger partial charge is 0.647 e. The molecule has 0 saturated carbocycles. The predicted octanol–water partition coefficient (Wildman–Crippen LogP) is 0.302. The van der Waals surface area contributed by atoms with Crippen LogP contribution in [0.25, 0.3) is 0 Å². The van der Waals surface area contributed by atoms with E-state index in [1.165, 1.54) is 12.1 Å². The standard InChI is InChI=1S/C14H22B2O6S/c1-13(2,3)11(17)21-16(22-12(18)14(4,5)6)10-8-7-9(23-10)15(19)20/h7-8,19-20H,1-6H3. The summed E-state index contributed by atoms with van der Waals surface area (Å²) in [6.07, 6.45) is 0. The van der Waals surface area contributed by atoms with E-state index in [1.54, 1.807) is 41.5 Å². The second-order valence-electron chi connectivity index (χ2n) is 7.26. The first kappa shape index (κ1) is 19.7. The molecule has 1 heterocycles. The molecule has 23 heavy (non-hydrogen) atoms. The van der Waals surface area contributed by atoms with Gasteiger partial charge in [0.1, 0.15) is 0 Å². The lowest BCUT2D eigenvalue weighted by Gasteiger charge is -2.23. The monoisotopic (exact) mass is 340 g/mol. The van der Waals surface area contributed by atoms with Crippen molar-refractivity contribution in [2.75, 3.05) is 0 Å². The van der Waals surface area contributed by atoms with Crippen LogP contribution in [0.3, 0.4) is 0 Å². The van der Waals surface area contributed by atoms with E-state index < -0.39 is 37.0 Å². The van der Waals surface area contributed by atoms with Crippen LogP contribution in [-0.2, 0) is 18.9 Å². The molecule has 0 radical (unpaired) electrons. The highest BCUT2D eigenvalue weighted by Crippen LogP contribution is 2.19. The van der Waals surface area contributed by atoms with E-state index in [4.69, 9.17) is 9.31 Å². The van der Waals surface area contributed by atoms with Crippen molar-refractivity contribution in [1.29, 1.82) is 0 Å². The first-order valence-corrected chi connectivity index (χ1v) is 8.02. The van der Waals surface area contributed by atoms with Crippen LogP contribution in [0.4, 0.5) is 0 Å². The number of hydrogen-bond acceptors (Lipinski definition) is 7. The Hall–Kier alpha value is -1.31. The van der Waals surface area contributed by atoms with Crippen LogP contribution in [0, 0.1) is 10.8 Å². The molecule has 0 unspecified atom stereocenters. The van der Waals surface area contributed by atoms with E-state index in [9.17, 15) is 19.6 Å². The van der Waals surface area contributed by atoms with Gasteiger partial charge in [-0.15, -0.1) is 0 Å². The van der Waals surface area contributed by atoms with Crippen LogP contribution in [0.1, 0.15) is 41.5 Å². The summed E-state index contributed by atoms with van der Waals surface area (Å²) in [5.41, 5.74) is -1.52. The summed E-state index contributed by atoms with van der Waals surface area (Å²) < 4.78 is 11.3. The minimum absolute atomic E-state index is 0.267. The Bertz CT molecular complexity index is 543. The molecule has 0 fully saturated rings. The fraction of sp³-hybridized carbons (Fsp3) is 0.571. The summed E-state index contributed by atoms with van der Waals surface area (Å²) >= 11 is 1.000. The van der Waals surface area contributed by atoms with Crippen LogP contribution >= 0.6 is 11.3 Å². The highest BCUT2D eigenvalue weighted by molar-refractivity contribution is 7.30. The van der Waals surface area contributed by atoms with Crippen LogP contribution in [0.5, 0.6) is 0 Å². The maximum atomic E-state index is 12.1. The molecule has 0 aliphatic rings. The minimum Gasteiger partial charge on any atom is -0.494 e. The van der Waals surface area contributed by atoms with Crippen LogP contribution in [0.2, 0.25) is 0 Å². The zero-order valence-corrected chi connectivity index (χ0v) is 15.1. The maximum absolute atomic E-state index is 12.1. The third-order valence-corrected chi connectivity index (χ3v) is 3.93. The fourth-order valence-corrected chi connectivity index (χ4v) is 2.16. The molecular weight excluding hydrogens is 318 g/mol. The van der Waals surface area contributed by atoms with Crippen molar-refractivity contribution in [1.82, 2.24) is 0 Å². The molecule has 1 rings (SSSR count). The van der Waals surface area contributed by atoms with E-state index in [0.717, 1.165) is 11.3 Å². The smallest absolute Gasteiger partial charge is 0.494 e. The Morgan fingerprint density at radius 2 is 1.30 bits per heavy atom. The lowest BCUT2D eigenvalue weighted by atomic mass is 9.84. The van der Waals surface area contributed by atoms with E-state index in [0.29, 0.717) is 4.78 Å². The molecule has 0 aromatic carbocycles. The van der Waals surface area contributed by atoms with Gasteiger partial charge in [0.25, 0.3) is 11.9 Å². The van der Waals surface area contributed by atoms with Crippen molar-refractivity contribution in [2.24, 2.45) is 10.8 Å². The molecule has 0 saturated heterocycles. The molecule has 126 valence electrons. The lowest BCUT2D eigenvalue weighted by Crippen LogP contribution is -2.44. The van der Waals surface area contributed by atoms with Gasteiger partial charge in [0.05, 0.1) is 15.6 Å². The number of hydrogen-bond donors (Lipinski definition) is 2. The zero-order chi connectivity index (χ0) is 18.0. The van der Waals surface area contributed by atoms with Gasteiger partial charge in [0, 0.05) is 4.78 Å². The number of carbonyl (C=O) groups is 2. The average molecular weight is 340 g/mol. The van der Waals surface area contributed by atoms with Crippen molar-refractivity contribution >= 4 is 47.1 Å². The highest BCUT2D eigenvalue weighted by atomic mass is 32.1. The van der Waals surface area contributed by atoms with Gasteiger partial charge in [-0.1, -0.05) is 6.07 Å². The van der Waals surface area contributed by atoms with Crippen molar-refractivity contribution in [3.05, 3.63) is 12.1 Å². The van der Waals surface area contributed by atoms with Gasteiger partial charge in [-0.05, 0) is 47.6 Å². The molecule has 0 amide bonds. The minimum atomic E-state index is -1.63.